The highest BCUT2D eigenvalue weighted by Gasteiger charge is 2.25. The highest BCUT2D eigenvalue weighted by atomic mass is 32.2. The number of carbonyl (C=O) groups excluding carboxylic acids is 3. The minimum Gasteiger partial charge on any atom is -0.481 e. The third-order valence-corrected chi connectivity index (χ3v) is 10.8. The van der Waals surface area contributed by atoms with Gasteiger partial charge in [0.05, 0.1) is 12.5 Å². The van der Waals surface area contributed by atoms with Gasteiger partial charge in [-0.2, -0.15) is 23.5 Å². The van der Waals surface area contributed by atoms with Crippen LogP contribution in [-0.2, 0) is 28.8 Å². The van der Waals surface area contributed by atoms with Crippen molar-refractivity contribution in [3.8, 4) is 0 Å². The van der Waals surface area contributed by atoms with Crippen molar-refractivity contribution in [1.29, 1.82) is 0 Å². The topological polar surface area (TPSA) is 219 Å². The van der Waals surface area contributed by atoms with Gasteiger partial charge in [0.1, 0.15) is 18.1 Å². The number of hydrogen-bond donors (Lipinski definition) is 7. The average molecular weight is 910 g/mol. The zero-order valence-corrected chi connectivity index (χ0v) is 40.9. The highest BCUT2D eigenvalue weighted by molar-refractivity contribution is 7.99. The molecule has 354 valence electrons. The fourth-order valence-electron chi connectivity index (χ4n) is 4.99. The second-order valence-electron chi connectivity index (χ2n) is 15.3. The number of carbonyl (C=O) groups is 6. The number of carboxylic acid groups (broad SMARTS) is 3. The maximum atomic E-state index is 11.9. The first-order chi connectivity index (χ1) is 29.2. The van der Waals surface area contributed by atoms with Gasteiger partial charge >= 0.3 is 17.9 Å². The number of thioether (sulfide) groups is 2. The molecule has 0 aromatic carbocycles. The molecular weight excluding hydrogens is 831 g/mol. The molecular formula is C47H79N3O10S2. The van der Waals surface area contributed by atoms with Crippen LogP contribution in [0, 0.1) is 5.92 Å². The number of hydrogen-bond acceptors (Lipinski definition) is 9. The van der Waals surface area contributed by atoms with E-state index in [0.29, 0.717) is 17.9 Å². The lowest BCUT2D eigenvalue weighted by atomic mass is 10.1. The molecule has 3 amide bonds. The molecule has 0 fully saturated rings. The SMILES string of the molecule is CC.CC(C)=CCC/C(C)=C/CC/C(C)=C/CSCC(NC(=O)C(CO)NC=O)C(=O)O.CC(C)=CCC/C(C)=C/CC/C(C)=C/CSCC(NC(=O)CC(C)C(=O)O)C(=O)O. The van der Waals surface area contributed by atoms with E-state index in [2.05, 4.69) is 108 Å². The Morgan fingerprint density at radius 2 is 0.919 bits per heavy atom. The lowest BCUT2D eigenvalue weighted by molar-refractivity contribution is -0.144. The minimum atomic E-state index is -1.16. The van der Waals surface area contributed by atoms with Gasteiger partial charge in [0, 0.05) is 29.4 Å². The van der Waals surface area contributed by atoms with Crippen molar-refractivity contribution in [1.82, 2.24) is 16.0 Å². The van der Waals surface area contributed by atoms with E-state index in [1.54, 1.807) is 0 Å². The molecule has 7 N–H and O–H groups in total. The summed E-state index contributed by atoms with van der Waals surface area (Å²) in [6, 6.07) is -3.27. The summed E-state index contributed by atoms with van der Waals surface area (Å²) in [5, 5.41) is 43.3. The molecule has 13 nitrogen and oxygen atoms in total. The number of nitrogens with one attached hydrogen (secondary N) is 3. The molecule has 0 heterocycles. The Balaban J connectivity index is -0.00000108. The summed E-state index contributed by atoms with van der Waals surface area (Å²) in [5.41, 5.74) is 7.96. The predicted molar refractivity (Wildman–Crippen MR) is 257 cm³/mol. The third-order valence-electron chi connectivity index (χ3n) is 8.84. The van der Waals surface area contributed by atoms with E-state index in [9.17, 15) is 39.0 Å². The quantitative estimate of drug-likeness (QED) is 0.0197. The van der Waals surface area contributed by atoms with Crippen LogP contribution in [0.25, 0.3) is 0 Å². The number of aliphatic hydroxyl groups excluding tert-OH is 1. The van der Waals surface area contributed by atoms with E-state index in [4.69, 9.17) is 10.2 Å². The van der Waals surface area contributed by atoms with Crippen LogP contribution in [0.3, 0.4) is 0 Å². The summed E-state index contributed by atoms with van der Waals surface area (Å²) in [6.45, 7) is 21.7. The zero-order valence-electron chi connectivity index (χ0n) is 39.3. The van der Waals surface area contributed by atoms with Crippen LogP contribution >= 0.6 is 23.5 Å². The maximum Gasteiger partial charge on any atom is 0.327 e. The van der Waals surface area contributed by atoms with Gasteiger partial charge in [-0.15, -0.1) is 0 Å². The van der Waals surface area contributed by atoms with Crippen molar-refractivity contribution in [2.45, 2.75) is 152 Å². The van der Waals surface area contributed by atoms with E-state index in [1.165, 1.54) is 63.9 Å². The monoisotopic (exact) mass is 910 g/mol. The van der Waals surface area contributed by atoms with Gasteiger partial charge < -0.3 is 36.4 Å². The smallest absolute Gasteiger partial charge is 0.327 e. The molecule has 0 spiro atoms. The first-order valence-corrected chi connectivity index (χ1v) is 23.7. The van der Waals surface area contributed by atoms with Crippen LogP contribution in [0.4, 0.5) is 0 Å². The van der Waals surface area contributed by atoms with Crippen LogP contribution in [0.2, 0.25) is 0 Å². The van der Waals surface area contributed by atoms with E-state index in [-0.39, 0.29) is 17.9 Å². The number of amides is 3. The highest BCUT2D eigenvalue weighted by Crippen LogP contribution is 2.15. The zero-order chi connectivity index (χ0) is 48.0. The first kappa shape index (κ1) is 62.2. The predicted octanol–water partition coefficient (Wildman–Crippen LogP) is 8.66. The summed E-state index contributed by atoms with van der Waals surface area (Å²) in [6.07, 6.45) is 21.4. The maximum absolute atomic E-state index is 11.9. The summed E-state index contributed by atoms with van der Waals surface area (Å²) in [5.74, 6) is -3.75. The number of rotatable bonds is 31. The Kier molecular flexibility index (Phi) is 39.9. The molecule has 0 aliphatic rings. The molecule has 0 aromatic rings. The second-order valence-corrected chi connectivity index (χ2v) is 17.5. The minimum absolute atomic E-state index is 0.188. The molecule has 0 aliphatic heterocycles. The van der Waals surface area contributed by atoms with Crippen LogP contribution in [0.15, 0.2) is 69.9 Å². The van der Waals surface area contributed by atoms with Gasteiger partial charge in [-0.1, -0.05) is 90.7 Å². The number of aliphatic carboxylic acids is 3. The molecule has 15 heteroatoms. The number of carboxylic acids is 3. The van der Waals surface area contributed by atoms with Crippen LogP contribution in [0.5, 0.6) is 0 Å². The average Bonchev–Trinajstić information content (AvgIpc) is 3.19. The van der Waals surface area contributed by atoms with E-state index in [0.717, 1.165) is 51.4 Å². The van der Waals surface area contributed by atoms with Crippen LogP contribution in [-0.4, -0.2) is 104 Å². The van der Waals surface area contributed by atoms with Crippen molar-refractivity contribution >= 4 is 59.7 Å². The van der Waals surface area contributed by atoms with Gasteiger partial charge in [-0.3, -0.25) is 19.2 Å². The Morgan fingerprint density at radius 1 is 0.548 bits per heavy atom. The van der Waals surface area contributed by atoms with Crippen molar-refractivity contribution in [2.24, 2.45) is 5.92 Å². The lowest BCUT2D eigenvalue weighted by Gasteiger charge is -2.18. The Labute approximate surface area is 380 Å². The number of allylic oxidation sites excluding steroid dienone is 10. The molecule has 0 aromatic heterocycles. The van der Waals surface area contributed by atoms with Crippen molar-refractivity contribution in [3.05, 3.63) is 69.9 Å². The molecule has 0 aliphatic carbocycles. The molecule has 0 saturated heterocycles. The van der Waals surface area contributed by atoms with Gasteiger partial charge in [0.25, 0.3) is 0 Å². The Bertz CT molecular complexity index is 1530. The van der Waals surface area contributed by atoms with Crippen LogP contribution < -0.4 is 16.0 Å². The van der Waals surface area contributed by atoms with E-state index in [1.807, 2.05) is 13.8 Å². The largest absolute Gasteiger partial charge is 0.481 e. The Morgan fingerprint density at radius 3 is 1.26 bits per heavy atom. The molecule has 62 heavy (non-hydrogen) atoms. The summed E-state index contributed by atoms with van der Waals surface area (Å²) in [7, 11) is 0. The molecule has 0 bridgehead atoms. The summed E-state index contributed by atoms with van der Waals surface area (Å²) >= 11 is 2.83. The first-order valence-electron chi connectivity index (χ1n) is 21.4. The molecule has 4 unspecified atom stereocenters. The fourth-order valence-corrected chi connectivity index (χ4v) is 6.99. The molecule has 0 rings (SSSR count). The molecule has 4 atom stereocenters. The van der Waals surface area contributed by atoms with Crippen molar-refractivity contribution in [2.75, 3.05) is 29.6 Å². The van der Waals surface area contributed by atoms with Gasteiger partial charge in [-0.25, -0.2) is 9.59 Å². The Hall–Kier alpha value is -4.08. The molecule has 0 saturated carbocycles. The second kappa shape index (κ2) is 39.7. The fraction of sp³-hybridized carbons (Fsp3) is 0.617. The van der Waals surface area contributed by atoms with Gasteiger partial charge in [0.2, 0.25) is 18.2 Å². The summed E-state index contributed by atoms with van der Waals surface area (Å²) < 4.78 is 0. The standard InChI is InChI=1S/C23H37NO5S.C22H36N2O5S.C2H6/c1-16(2)8-6-9-17(3)10-7-11-18(4)12-13-30-15-20(23(28)29)24-21(25)14-19(5)22(26)27;1-16(2)7-5-8-17(3)9-6-10-18(4)11-12-30-14-20(22(28)29)24-21(27)19(13-25)23-15-26;1-2/h8,10,12,19-20H,6-7,9,11,13-15H2,1-5H3,(H,24,25)(H,26,27)(H,28,29);7,9,11,15,19-20,25H,5-6,8,10,12-14H2,1-4H3,(H,23,26)(H,24,27)(H,28,29);1-2H3/b17-10+,18-12+;17-9+,18-11+;. The lowest BCUT2D eigenvalue weighted by Crippen LogP contribution is -2.52. The van der Waals surface area contributed by atoms with E-state index >= 15 is 0 Å². The van der Waals surface area contributed by atoms with Crippen molar-refractivity contribution < 1.29 is 49.2 Å². The molecule has 0 radical (unpaired) electrons. The van der Waals surface area contributed by atoms with E-state index < -0.39 is 60.4 Å². The van der Waals surface area contributed by atoms with Crippen LogP contribution in [0.1, 0.15) is 134 Å². The number of aliphatic hydroxyl groups is 1. The van der Waals surface area contributed by atoms with Gasteiger partial charge in [0.15, 0.2) is 0 Å². The van der Waals surface area contributed by atoms with Crippen molar-refractivity contribution in [3.63, 3.8) is 0 Å². The normalized spacial score (nSPS) is 13.6. The van der Waals surface area contributed by atoms with Gasteiger partial charge in [-0.05, 0) is 107 Å². The summed E-state index contributed by atoms with van der Waals surface area (Å²) in [4.78, 5) is 67.6. The third kappa shape index (κ3) is 37.7.